The number of carboxylic acid groups (broad SMARTS) is 1. The van der Waals surface area contributed by atoms with Crippen LogP contribution in [-0.4, -0.2) is 41.0 Å². The molecule has 100 valence electrons. The van der Waals surface area contributed by atoms with E-state index in [0.29, 0.717) is 0 Å². The van der Waals surface area contributed by atoms with Gasteiger partial charge in [-0.05, 0) is 20.8 Å². The van der Waals surface area contributed by atoms with Gasteiger partial charge in [0.05, 0.1) is 18.2 Å². The molecule has 0 aliphatic carbocycles. The third kappa shape index (κ3) is 2.48. The van der Waals surface area contributed by atoms with Gasteiger partial charge in [-0.25, -0.2) is 4.79 Å². The minimum Gasteiger partial charge on any atom is -0.481 e. The van der Waals surface area contributed by atoms with Gasteiger partial charge in [0, 0.05) is 0 Å². The van der Waals surface area contributed by atoms with Crippen molar-refractivity contribution in [1.82, 2.24) is 5.32 Å². The van der Waals surface area contributed by atoms with E-state index in [1.807, 2.05) is 0 Å². The number of fused-ring (bicyclic) bond motifs is 2. The molecule has 0 aromatic carbocycles. The van der Waals surface area contributed by atoms with Crippen LogP contribution in [0.4, 0.5) is 4.79 Å². The van der Waals surface area contributed by atoms with Gasteiger partial charge in [0.15, 0.2) is 0 Å². The van der Waals surface area contributed by atoms with Gasteiger partial charge in [-0.3, -0.25) is 4.79 Å². The van der Waals surface area contributed by atoms with Crippen LogP contribution in [0.25, 0.3) is 0 Å². The second-order valence-electron chi connectivity index (χ2n) is 5.49. The summed E-state index contributed by atoms with van der Waals surface area (Å²) in [4.78, 5) is 22.8. The zero-order valence-electron chi connectivity index (χ0n) is 10.5. The van der Waals surface area contributed by atoms with Crippen LogP contribution in [0.3, 0.4) is 0 Å². The number of amides is 1. The number of nitrogens with one attached hydrogen (secondary N) is 1. The van der Waals surface area contributed by atoms with Gasteiger partial charge < -0.3 is 19.9 Å². The summed E-state index contributed by atoms with van der Waals surface area (Å²) in [6, 6.07) is -0.577. The molecular weight excluding hydrogens is 238 g/mol. The lowest BCUT2D eigenvalue weighted by Gasteiger charge is -2.25. The summed E-state index contributed by atoms with van der Waals surface area (Å²) in [7, 11) is 0. The largest absolute Gasteiger partial charge is 0.481 e. The summed E-state index contributed by atoms with van der Waals surface area (Å²) in [6.45, 7) is 5.25. The van der Waals surface area contributed by atoms with Crippen LogP contribution in [0.2, 0.25) is 0 Å². The van der Waals surface area contributed by atoms with Gasteiger partial charge >= 0.3 is 12.1 Å². The van der Waals surface area contributed by atoms with Crippen LogP contribution in [0, 0.1) is 5.92 Å². The molecule has 0 unspecified atom stereocenters. The Hall–Kier alpha value is -1.56. The fraction of sp³-hybridized carbons (Fsp3) is 0.667. The molecule has 1 saturated heterocycles. The van der Waals surface area contributed by atoms with E-state index >= 15 is 0 Å². The maximum Gasteiger partial charge on any atom is 0.407 e. The topological polar surface area (TPSA) is 84.9 Å². The predicted molar refractivity (Wildman–Crippen MR) is 62.1 cm³/mol. The van der Waals surface area contributed by atoms with E-state index in [9.17, 15) is 9.59 Å². The van der Waals surface area contributed by atoms with Crippen LogP contribution in [0.15, 0.2) is 12.2 Å². The number of carbonyl (C=O) groups is 2. The van der Waals surface area contributed by atoms with Crippen LogP contribution in [-0.2, 0) is 14.3 Å². The van der Waals surface area contributed by atoms with E-state index in [2.05, 4.69) is 5.32 Å². The molecular formula is C12H17NO5. The molecule has 1 amide bonds. The minimum atomic E-state index is -0.979. The molecule has 2 rings (SSSR count). The van der Waals surface area contributed by atoms with Crippen molar-refractivity contribution in [3.8, 4) is 0 Å². The fourth-order valence-corrected chi connectivity index (χ4v) is 2.22. The van der Waals surface area contributed by atoms with E-state index < -0.39 is 35.7 Å². The van der Waals surface area contributed by atoms with Gasteiger partial charge in [0.2, 0.25) is 0 Å². The van der Waals surface area contributed by atoms with Crippen molar-refractivity contribution in [2.45, 2.75) is 44.6 Å². The number of aliphatic carboxylic acids is 1. The van der Waals surface area contributed by atoms with Crippen molar-refractivity contribution < 1.29 is 24.2 Å². The SMILES string of the molecule is CC(C)(C)OC(=O)N[C@H]1[C@H](C(=O)O)[C@H]2C=C[C@@H]1O2. The Bertz CT molecular complexity index is 398. The molecule has 0 aromatic rings. The third-order valence-corrected chi connectivity index (χ3v) is 2.87. The number of carbonyl (C=O) groups excluding carboxylic acids is 1. The quantitative estimate of drug-likeness (QED) is 0.717. The van der Waals surface area contributed by atoms with Gasteiger partial charge in [-0.2, -0.15) is 0 Å². The molecule has 6 heteroatoms. The fourth-order valence-electron chi connectivity index (χ4n) is 2.22. The van der Waals surface area contributed by atoms with E-state index in [0.717, 1.165) is 0 Å². The maximum absolute atomic E-state index is 11.7. The Kier molecular flexibility index (Phi) is 3.06. The van der Waals surface area contributed by atoms with Crippen molar-refractivity contribution in [1.29, 1.82) is 0 Å². The number of alkyl carbamates (subject to hydrolysis) is 1. The van der Waals surface area contributed by atoms with Gasteiger partial charge in [0.1, 0.15) is 11.5 Å². The minimum absolute atomic E-state index is 0.386. The van der Waals surface area contributed by atoms with E-state index in [1.54, 1.807) is 32.9 Å². The van der Waals surface area contributed by atoms with Crippen LogP contribution in [0.1, 0.15) is 20.8 Å². The second-order valence-corrected chi connectivity index (χ2v) is 5.49. The zero-order valence-corrected chi connectivity index (χ0v) is 10.5. The lowest BCUT2D eigenvalue weighted by atomic mass is 9.89. The summed E-state index contributed by atoms with van der Waals surface area (Å²) in [5.41, 5.74) is -0.614. The maximum atomic E-state index is 11.7. The van der Waals surface area contributed by atoms with Crippen LogP contribution < -0.4 is 5.32 Å². The first-order valence-corrected chi connectivity index (χ1v) is 5.84. The first-order chi connectivity index (χ1) is 8.28. The predicted octanol–water partition coefficient (Wildman–Crippen LogP) is 0.918. The average Bonchev–Trinajstić information content (AvgIpc) is 2.73. The van der Waals surface area contributed by atoms with Gasteiger partial charge in [-0.1, -0.05) is 12.2 Å². The monoisotopic (exact) mass is 255 g/mol. The Morgan fingerprint density at radius 3 is 2.44 bits per heavy atom. The van der Waals surface area contributed by atoms with Crippen molar-refractivity contribution in [3.63, 3.8) is 0 Å². The smallest absolute Gasteiger partial charge is 0.407 e. The van der Waals surface area contributed by atoms with Gasteiger partial charge in [-0.15, -0.1) is 0 Å². The first kappa shape index (κ1) is 12.9. The summed E-state index contributed by atoms with van der Waals surface area (Å²) < 4.78 is 10.5. The van der Waals surface area contributed by atoms with Crippen molar-refractivity contribution in [2.24, 2.45) is 5.92 Å². The lowest BCUT2D eigenvalue weighted by Crippen LogP contribution is -2.49. The van der Waals surface area contributed by atoms with Crippen molar-refractivity contribution >= 4 is 12.1 Å². The molecule has 2 aliphatic rings. The number of ether oxygens (including phenoxy) is 2. The highest BCUT2D eigenvalue weighted by atomic mass is 16.6. The van der Waals surface area contributed by atoms with E-state index in [-0.39, 0.29) is 6.10 Å². The number of hydrogen-bond acceptors (Lipinski definition) is 4. The summed E-state index contributed by atoms with van der Waals surface area (Å²) >= 11 is 0. The summed E-state index contributed by atoms with van der Waals surface area (Å²) in [5.74, 6) is -1.74. The molecule has 0 saturated carbocycles. The Balaban J connectivity index is 2.02. The Morgan fingerprint density at radius 2 is 1.89 bits per heavy atom. The first-order valence-electron chi connectivity index (χ1n) is 5.84. The van der Waals surface area contributed by atoms with Crippen molar-refractivity contribution in [2.75, 3.05) is 0 Å². The molecule has 6 nitrogen and oxygen atoms in total. The van der Waals surface area contributed by atoms with E-state index in [4.69, 9.17) is 14.6 Å². The zero-order chi connectivity index (χ0) is 13.5. The normalized spacial score (nSPS) is 33.5. The highest BCUT2D eigenvalue weighted by molar-refractivity contribution is 5.76. The molecule has 0 spiro atoms. The molecule has 0 aromatic heterocycles. The second kappa shape index (κ2) is 4.28. The molecule has 18 heavy (non-hydrogen) atoms. The molecule has 0 radical (unpaired) electrons. The van der Waals surface area contributed by atoms with E-state index in [1.165, 1.54) is 0 Å². The Morgan fingerprint density at radius 1 is 1.28 bits per heavy atom. The van der Waals surface area contributed by atoms with Crippen LogP contribution in [0.5, 0.6) is 0 Å². The standard InChI is InChI=1S/C12H17NO5/c1-12(2,3)18-11(16)13-9-7-5-4-6(17-7)8(9)10(14)15/h4-9H,1-3H3,(H,13,16)(H,14,15)/t6-,7+,8-,9-/m1/s1. The summed E-state index contributed by atoms with van der Waals surface area (Å²) in [6.07, 6.45) is 2.02. The highest BCUT2D eigenvalue weighted by Crippen LogP contribution is 2.34. The summed E-state index contributed by atoms with van der Waals surface area (Å²) in [5, 5.41) is 11.7. The lowest BCUT2D eigenvalue weighted by molar-refractivity contribution is -0.143. The molecule has 2 bridgehead atoms. The number of carboxylic acids is 1. The molecule has 4 atom stereocenters. The van der Waals surface area contributed by atoms with Crippen LogP contribution >= 0.6 is 0 Å². The Labute approximate surface area is 105 Å². The molecule has 2 aliphatic heterocycles. The molecule has 2 N–H and O–H groups in total. The number of hydrogen-bond donors (Lipinski definition) is 2. The van der Waals surface area contributed by atoms with Gasteiger partial charge in [0.25, 0.3) is 0 Å². The van der Waals surface area contributed by atoms with Crippen molar-refractivity contribution in [3.05, 3.63) is 12.2 Å². The number of rotatable bonds is 2. The highest BCUT2D eigenvalue weighted by Gasteiger charge is 2.50. The molecule has 2 heterocycles. The third-order valence-electron chi connectivity index (χ3n) is 2.87. The average molecular weight is 255 g/mol. The molecule has 1 fully saturated rings.